The van der Waals surface area contributed by atoms with Crippen LogP contribution in [0.15, 0.2) is 35.1 Å². The molecular weight excluding hydrogens is 280 g/mol. The summed E-state index contributed by atoms with van der Waals surface area (Å²) in [7, 11) is 0. The lowest BCUT2D eigenvalue weighted by Gasteiger charge is -2.10. The van der Waals surface area contributed by atoms with Gasteiger partial charge in [-0.2, -0.15) is 0 Å². The molecule has 88 valence electrons. The van der Waals surface area contributed by atoms with Crippen LogP contribution >= 0.6 is 15.9 Å². The van der Waals surface area contributed by atoms with Gasteiger partial charge in [0.2, 0.25) is 0 Å². The van der Waals surface area contributed by atoms with Crippen LogP contribution < -0.4 is 11.1 Å². The molecule has 2 aromatic heterocycles. The first kappa shape index (κ1) is 11.9. The van der Waals surface area contributed by atoms with Crippen molar-refractivity contribution in [1.29, 1.82) is 0 Å². The van der Waals surface area contributed by atoms with Crippen LogP contribution in [-0.2, 0) is 6.54 Å². The zero-order chi connectivity index (χ0) is 12.3. The molecule has 0 aromatic carbocycles. The molecule has 3 N–H and O–H groups in total. The fourth-order valence-electron chi connectivity index (χ4n) is 1.39. The lowest BCUT2D eigenvalue weighted by molar-refractivity contribution is 1.02. The lowest BCUT2D eigenvalue weighted by Crippen LogP contribution is -2.05. The second-order valence-corrected chi connectivity index (χ2v) is 4.47. The largest absolute Gasteiger partial charge is 0.397 e. The van der Waals surface area contributed by atoms with Crippen LogP contribution in [0.2, 0.25) is 0 Å². The highest BCUT2D eigenvalue weighted by atomic mass is 79.9. The molecule has 0 aliphatic rings. The molecule has 0 saturated carbocycles. The number of nitrogens with one attached hydrogen (secondary N) is 1. The van der Waals surface area contributed by atoms with E-state index in [2.05, 4.69) is 31.2 Å². The van der Waals surface area contributed by atoms with E-state index in [1.165, 1.54) is 0 Å². The molecule has 0 saturated heterocycles. The summed E-state index contributed by atoms with van der Waals surface area (Å²) in [5, 5.41) is 3.22. The lowest BCUT2D eigenvalue weighted by atomic mass is 10.2. The van der Waals surface area contributed by atoms with Crippen LogP contribution in [0.25, 0.3) is 0 Å². The van der Waals surface area contributed by atoms with Crippen LogP contribution in [0.3, 0.4) is 0 Å². The van der Waals surface area contributed by atoms with Gasteiger partial charge >= 0.3 is 0 Å². The van der Waals surface area contributed by atoms with Crippen molar-refractivity contribution in [1.82, 2.24) is 9.97 Å². The number of nitrogens with zero attached hydrogens (tertiary/aromatic N) is 2. The number of rotatable bonds is 3. The SMILES string of the molecule is Cc1c(N)cnc(NCc2ccccn2)c1Br. The summed E-state index contributed by atoms with van der Waals surface area (Å²) in [5.74, 6) is 0.780. The first-order chi connectivity index (χ1) is 8.18. The summed E-state index contributed by atoms with van der Waals surface area (Å²) < 4.78 is 0.897. The maximum Gasteiger partial charge on any atom is 0.141 e. The topological polar surface area (TPSA) is 63.8 Å². The molecule has 0 atom stereocenters. The van der Waals surface area contributed by atoms with E-state index in [4.69, 9.17) is 5.73 Å². The molecule has 0 radical (unpaired) electrons. The minimum absolute atomic E-state index is 0.635. The quantitative estimate of drug-likeness (QED) is 0.913. The predicted molar refractivity (Wildman–Crippen MR) is 72.7 cm³/mol. The predicted octanol–water partition coefficient (Wildman–Crippen LogP) is 2.74. The molecule has 2 aromatic rings. The van der Waals surface area contributed by atoms with E-state index in [0.29, 0.717) is 12.2 Å². The maximum absolute atomic E-state index is 5.76. The van der Waals surface area contributed by atoms with Crippen molar-refractivity contribution < 1.29 is 0 Å². The van der Waals surface area contributed by atoms with Gasteiger partial charge in [-0.15, -0.1) is 0 Å². The van der Waals surface area contributed by atoms with E-state index >= 15 is 0 Å². The average Bonchev–Trinajstić information content (AvgIpc) is 2.36. The molecule has 0 aliphatic heterocycles. The summed E-state index contributed by atoms with van der Waals surface area (Å²) >= 11 is 3.48. The molecular formula is C12H13BrN4. The van der Waals surface area contributed by atoms with Crippen molar-refractivity contribution in [2.24, 2.45) is 0 Å². The Kier molecular flexibility index (Phi) is 3.58. The molecule has 5 heteroatoms. The van der Waals surface area contributed by atoms with Crippen LogP contribution in [0.5, 0.6) is 0 Å². The molecule has 0 amide bonds. The van der Waals surface area contributed by atoms with Crippen molar-refractivity contribution >= 4 is 27.4 Å². The molecule has 17 heavy (non-hydrogen) atoms. The summed E-state index contributed by atoms with van der Waals surface area (Å²) in [6.45, 7) is 2.59. The molecule has 0 bridgehead atoms. The van der Waals surface area contributed by atoms with Crippen LogP contribution in [0.4, 0.5) is 11.5 Å². The van der Waals surface area contributed by atoms with Crippen molar-refractivity contribution in [3.05, 3.63) is 46.3 Å². The third-order valence-corrected chi connectivity index (χ3v) is 3.44. The molecule has 4 nitrogen and oxygen atoms in total. The summed E-state index contributed by atoms with van der Waals surface area (Å²) in [4.78, 5) is 8.48. The number of nitrogens with two attached hydrogens (primary N) is 1. The van der Waals surface area contributed by atoms with E-state index < -0.39 is 0 Å². The smallest absolute Gasteiger partial charge is 0.141 e. The molecule has 0 fully saturated rings. The van der Waals surface area contributed by atoms with E-state index in [9.17, 15) is 0 Å². The molecule has 2 rings (SSSR count). The zero-order valence-electron chi connectivity index (χ0n) is 9.44. The normalized spacial score (nSPS) is 10.2. The van der Waals surface area contributed by atoms with Crippen molar-refractivity contribution in [2.75, 3.05) is 11.1 Å². The molecule has 0 aliphatic carbocycles. The average molecular weight is 293 g/mol. The van der Waals surface area contributed by atoms with Crippen molar-refractivity contribution in [3.63, 3.8) is 0 Å². The number of halogens is 1. The molecule has 0 unspecified atom stereocenters. The van der Waals surface area contributed by atoms with Gasteiger partial charge in [-0.3, -0.25) is 4.98 Å². The minimum Gasteiger partial charge on any atom is -0.397 e. The highest BCUT2D eigenvalue weighted by Gasteiger charge is 2.06. The van der Waals surface area contributed by atoms with E-state index in [1.807, 2.05) is 25.1 Å². The van der Waals surface area contributed by atoms with Crippen LogP contribution in [0.1, 0.15) is 11.3 Å². The number of aromatic nitrogens is 2. The first-order valence-electron chi connectivity index (χ1n) is 5.23. The van der Waals surface area contributed by atoms with Gasteiger partial charge in [0.05, 0.1) is 28.6 Å². The standard InChI is InChI=1S/C12H13BrN4/c1-8-10(14)7-17-12(11(8)13)16-6-9-4-2-3-5-15-9/h2-5,7H,6,14H2,1H3,(H,16,17). The summed E-state index contributed by atoms with van der Waals surface area (Å²) in [6.07, 6.45) is 3.43. The number of nitrogen functional groups attached to an aromatic ring is 1. The van der Waals surface area contributed by atoms with Gasteiger partial charge in [-0.1, -0.05) is 6.07 Å². The Morgan fingerprint density at radius 2 is 2.18 bits per heavy atom. The van der Waals surface area contributed by atoms with Gasteiger partial charge in [0.1, 0.15) is 5.82 Å². The van der Waals surface area contributed by atoms with Crippen molar-refractivity contribution in [3.8, 4) is 0 Å². The number of hydrogen-bond acceptors (Lipinski definition) is 4. The van der Waals surface area contributed by atoms with E-state index in [0.717, 1.165) is 21.5 Å². The Morgan fingerprint density at radius 3 is 2.88 bits per heavy atom. The minimum atomic E-state index is 0.635. The Balaban J connectivity index is 2.13. The summed E-state index contributed by atoms with van der Waals surface area (Å²) in [6, 6.07) is 5.82. The number of anilines is 2. The van der Waals surface area contributed by atoms with Gasteiger partial charge in [-0.05, 0) is 40.5 Å². The van der Waals surface area contributed by atoms with E-state index in [1.54, 1.807) is 12.4 Å². The van der Waals surface area contributed by atoms with Crippen LogP contribution in [-0.4, -0.2) is 9.97 Å². The Morgan fingerprint density at radius 1 is 1.35 bits per heavy atom. The summed E-state index contributed by atoms with van der Waals surface area (Å²) in [5.41, 5.74) is 8.40. The van der Waals surface area contributed by atoms with E-state index in [-0.39, 0.29) is 0 Å². The van der Waals surface area contributed by atoms with Gasteiger partial charge in [0, 0.05) is 6.20 Å². The number of pyridine rings is 2. The first-order valence-corrected chi connectivity index (χ1v) is 6.02. The van der Waals surface area contributed by atoms with Crippen LogP contribution in [0, 0.1) is 6.92 Å². The monoisotopic (exact) mass is 292 g/mol. The van der Waals surface area contributed by atoms with Crippen molar-refractivity contribution in [2.45, 2.75) is 13.5 Å². The van der Waals surface area contributed by atoms with Gasteiger partial charge in [0.15, 0.2) is 0 Å². The zero-order valence-corrected chi connectivity index (χ0v) is 11.0. The fraction of sp³-hybridized carbons (Fsp3) is 0.167. The second kappa shape index (κ2) is 5.14. The Hall–Kier alpha value is -1.62. The third kappa shape index (κ3) is 2.74. The highest BCUT2D eigenvalue weighted by molar-refractivity contribution is 9.10. The van der Waals surface area contributed by atoms with Gasteiger partial charge in [-0.25, -0.2) is 4.98 Å². The third-order valence-electron chi connectivity index (χ3n) is 2.47. The maximum atomic E-state index is 5.76. The Bertz CT molecular complexity index is 513. The highest BCUT2D eigenvalue weighted by Crippen LogP contribution is 2.27. The number of hydrogen-bond donors (Lipinski definition) is 2. The van der Waals surface area contributed by atoms with Gasteiger partial charge < -0.3 is 11.1 Å². The molecule has 0 spiro atoms. The Labute approximate surface area is 108 Å². The second-order valence-electron chi connectivity index (χ2n) is 3.68. The fourth-order valence-corrected chi connectivity index (χ4v) is 1.86. The molecule has 2 heterocycles. The van der Waals surface area contributed by atoms with Gasteiger partial charge in [0.25, 0.3) is 0 Å².